The van der Waals surface area contributed by atoms with Crippen molar-refractivity contribution in [3.05, 3.63) is 41.3 Å². The molecule has 2 N–H and O–H groups in total. The Labute approximate surface area is 151 Å². The number of amides is 2. The summed E-state index contributed by atoms with van der Waals surface area (Å²) in [5, 5.41) is 9.58. The Morgan fingerprint density at radius 1 is 1.23 bits per heavy atom. The molecule has 7 nitrogen and oxygen atoms in total. The molecule has 0 saturated carbocycles. The van der Waals surface area contributed by atoms with Gasteiger partial charge in [-0.05, 0) is 25.1 Å². The van der Waals surface area contributed by atoms with Gasteiger partial charge < -0.3 is 15.4 Å². The van der Waals surface area contributed by atoms with Crippen LogP contribution in [0.3, 0.4) is 0 Å². The summed E-state index contributed by atoms with van der Waals surface area (Å²) < 4.78 is 20.2. The van der Waals surface area contributed by atoms with Crippen LogP contribution in [0, 0.1) is 11.7 Å². The molecule has 0 spiro atoms. The lowest BCUT2D eigenvalue weighted by Gasteiger charge is -2.16. The third-order valence-electron chi connectivity index (χ3n) is 3.89. The molecule has 2 amide bonds. The van der Waals surface area contributed by atoms with Gasteiger partial charge in [0.2, 0.25) is 5.91 Å². The zero-order valence-electron chi connectivity index (χ0n) is 15.5. The first kappa shape index (κ1) is 19.4. The molecule has 140 valence electrons. The Hall–Kier alpha value is -2.90. The Balaban J connectivity index is 2.15. The van der Waals surface area contributed by atoms with E-state index in [0.29, 0.717) is 17.1 Å². The number of anilines is 1. The van der Waals surface area contributed by atoms with E-state index in [1.54, 1.807) is 27.8 Å². The van der Waals surface area contributed by atoms with Crippen molar-refractivity contribution < 1.29 is 18.7 Å². The van der Waals surface area contributed by atoms with Crippen molar-refractivity contribution in [3.63, 3.8) is 0 Å². The number of methoxy groups -OCH3 is 1. The average Bonchev–Trinajstić information content (AvgIpc) is 2.95. The van der Waals surface area contributed by atoms with Crippen molar-refractivity contribution in [2.75, 3.05) is 12.4 Å². The van der Waals surface area contributed by atoms with Gasteiger partial charge in [0.25, 0.3) is 5.91 Å². The first-order valence-electron chi connectivity index (χ1n) is 8.22. The normalized spacial score (nSPS) is 12.0. The predicted octanol–water partition coefficient (Wildman–Crippen LogP) is 2.65. The minimum atomic E-state index is -0.496. The second-order valence-corrected chi connectivity index (χ2v) is 6.26. The van der Waals surface area contributed by atoms with Crippen LogP contribution in [0.5, 0.6) is 5.75 Å². The van der Waals surface area contributed by atoms with Crippen LogP contribution in [0.1, 0.15) is 42.9 Å². The van der Waals surface area contributed by atoms with Crippen LogP contribution >= 0.6 is 0 Å². The number of nitrogens with one attached hydrogen (secondary N) is 2. The van der Waals surface area contributed by atoms with Gasteiger partial charge in [-0.2, -0.15) is 5.10 Å². The second-order valence-electron chi connectivity index (χ2n) is 6.26. The highest BCUT2D eigenvalue weighted by atomic mass is 19.1. The van der Waals surface area contributed by atoms with Crippen LogP contribution in [-0.2, 0) is 11.8 Å². The summed E-state index contributed by atoms with van der Waals surface area (Å²) in [7, 11) is 3.11. The van der Waals surface area contributed by atoms with E-state index in [-0.39, 0.29) is 17.5 Å². The summed E-state index contributed by atoms with van der Waals surface area (Å²) in [6.45, 7) is 5.26. The molecular formula is C18H23FN4O3. The molecule has 0 saturated heterocycles. The minimum absolute atomic E-state index is 0.147. The first-order chi connectivity index (χ1) is 12.2. The monoisotopic (exact) mass is 362 g/mol. The van der Waals surface area contributed by atoms with Gasteiger partial charge in [0, 0.05) is 24.6 Å². The summed E-state index contributed by atoms with van der Waals surface area (Å²) in [6.07, 6.45) is 0. The number of halogens is 1. The average molecular weight is 362 g/mol. The van der Waals surface area contributed by atoms with Gasteiger partial charge in [-0.1, -0.05) is 13.8 Å². The molecule has 0 aliphatic rings. The molecular weight excluding hydrogens is 339 g/mol. The molecule has 2 rings (SSSR count). The summed E-state index contributed by atoms with van der Waals surface area (Å²) in [4.78, 5) is 24.3. The van der Waals surface area contributed by atoms with Crippen molar-refractivity contribution in [1.82, 2.24) is 15.1 Å². The van der Waals surface area contributed by atoms with E-state index in [4.69, 9.17) is 4.74 Å². The lowest BCUT2D eigenvalue weighted by Crippen LogP contribution is -2.27. The molecule has 0 aliphatic heterocycles. The summed E-state index contributed by atoms with van der Waals surface area (Å²) in [5.41, 5.74) is 0.666. The van der Waals surface area contributed by atoms with Gasteiger partial charge in [-0.3, -0.25) is 14.3 Å². The fourth-order valence-corrected chi connectivity index (χ4v) is 2.36. The highest BCUT2D eigenvalue weighted by Crippen LogP contribution is 2.26. The van der Waals surface area contributed by atoms with Crippen molar-refractivity contribution >= 4 is 17.6 Å². The summed E-state index contributed by atoms with van der Waals surface area (Å²) >= 11 is 0. The summed E-state index contributed by atoms with van der Waals surface area (Å²) in [6, 6.07) is 5.11. The van der Waals surface area contributed by atoms with Gasteiger partial charge in [0.05, 0.1) is 13.2 Å². The maximum absolute atomic E-state index is 13.5. The van der Waals surface area contributed by atoms with E-state index >= 15 is 0 Å². The minimum Gasteiger partial charge on any atom is -0.496 e. The third kappa shape index (κ3) is 4.38. The van der Waals surface area contributed by atoms with E-state index in [1.807, 2.05) is 0 Å². The predicted molar refractivity (Wildman–Crippen MR) is 95.5 cm³/mol. The largest absolute Gasteiger partial charge is 0.496 e. The third-order valence-corrected chi connectivity index (χ3v) is 3.89. The number of benzene rings is 1. The van der Waals surface area contributed by atoms with Crippen LogP contribution < -0.4 is 15.4 Å². The Kier molecular flexibility index (Phi) is 5.97. The lowest BCUT2D eigenvalue weighted by atomic mass is 10.1. The molecule has 1 aromatic heterocycles. The van der Waals surface area contributed by atoms with Crippen molar-refractivity contribution in [2.24, 2.45) is 13.0 Å². The van der Waals surface area contributed by atoms with E-state index in [0.717, 1.165) is 0 Å². The van der Waals surface area contributed by atoms with Gasteiger partial charge in [0.1, 0.15) is 17.4 Å². The highest BCUT2D eigenvalue weighted by Gasteiger charge is 2.19. The molecule has 8 heteroatoms. The van der Waals surface area contributed by atoms with Crippen LogP contribution in [0.2, 0.25) is 0 Å². The molecule has 0 fully saturated rings. The lowest BCUT2D eigenvalue weighted by molar-refractivity contribution is -0.118. The number of carbonyl (C=O) groups excluding carboxylic acids is 2. The number of rotatable bonds is 6. The first-order valence-corrected chi connectivity index (χ1v) is 8.22. The maximum Gasteiger partial charge on any atom is 0.272 e. The van der Waals surface area contributed by atoms with Crippen LogP contribution in [-0.4, -0.2) is 28.7 Å². The number of aryl methyl sites for hydroxylation is 1. The maximum atomic E-state index is 13.5. The molecule has 0 aliphatic carbocycles. The molecule has 0 radical (unpaired) electrons. The van der Waals surface area contributed by atoms with Gasteiger partial charge in [-0.15, -0.1) is 0 Å². The van der Waals surface area contributed by atoms with Gasteiger partial charge >= 0.3 is 0 Å². The number of ether oxygens (including phenoxy) is 1. The molecule has 1 aromatic carbocycles. The van der Waals surface area contributed by atoms with Crippen LogP contribution in [0.25, 0.3) is 0 Å². The molecule has 1 heterocycles. The van der Waals surface area contributed by atoms with E-state index in [1.165, 1.54) is 36.1 Å². The standard InChI is InChI=1S/C18H23FN4O3/c1-10(2)17(24)21-16-9-14(22-23(16)4)18(25)20-11(3)13-8-12(19)6-7-15(13)26-5/h6-11H,1-5H3,(H,20,25)(H,21,24). The Morgan fingerprint density at radius 3 is 2.54 bits per heavy atom. The number of carbonyl (C=O) groups is 2. The second kappa shape index (κ2) is 7.99. The summed E-state index contributed by atoms with van der Waals surface area (Å²) in [5.74, 6) is -0.321. The number of hydrogen-bond donors (Lipinski definition) is 2. The Morgan fingerprint density at radius 2 is 1.92 bits per heavy atom. The number of aromatic nitrogens is 2. The molecule has 1 atom stereocenters. The smallest absolute Gasteiger partial charge is 0.272 e. The zero-order chi connectivity index (χ0) is 19.4. The van der Waals surface area contributed by atoms with E-state index in [2.05, 4.69) is 15.7 Å². The van der Waals surface area contributed by atoms with Gasteiger partial charge in [-0.25, -0.2) is 4.39 Å². The van der Waals surface area contributed by atoms with Crippen molar-refractivity contribution in [2.45, 2.75) is 26.8 Å². The zero-order valence-corrected chi connectivity index (χ0v) is 15.5. The van der Waals surface area contributed by atoms with E-state index < -0.39 is 17.8 Å². The SMILES string of the molecule is COc1ccc(F)cc1C(C)NC(=O)c1cc(NC(=O)C(C)C)n(C)n1. The quantitative estimate of drug-likeness (QED) is 0.827. The Bertz CT molecular complexity index is 817. The van der Waals surface area contributed by atoms with Crippen molar-refractivity contribution in [3.8, 4) is 5.75 Å². The van der Waals surface area contributed by atoms with Crippen LogP contribution in [0.15, 0.2) is 24.3 Å². The van der Waals surface area contributed by atoms with E-state index in [9.17, 15) is 14.0 Å². The number of hydrogen-bond acceptors (Lipinski definition) is 4. The molecule has 2 aromatic rings. The van der Waals surface area contributed by atoms with Crippen molar-refractivity contribution in [1.29, 1.82) is 0 Å². The fourth-order valence-electron chi connectivity index (χ4n) is 2.36. The molecule has 0 bridgehead atoms. The molecule has 26 heavy (non-hydrogen) atoms. The highest BCUT2D eigenvalue weighted by molar-refractivity contribution is 5.96. The van der Waals surface area contributed by atoms with Gasteiger partial charge in [0.15, 0.2) is 5.69 Å². The topological polar surface area (TPSA) is 85.3 Å². The number of nitrogens with zero attached hydrogens (tertiary/aromatic N) is 2. The van der Waals surface area contributed by atoms with Crippen LogP contribution in [0.4, 0.5) is 10.2 Å². The molecule has 1 unspecified atom stereocenters. The fraction of sp³-hybridized carbons (Fsp3) is 0.389.